The third-order valence-corrected chi connectivity index (χ3v) is 2.35. The molecule has 0 aliphatic carbocycles. The van der Waals surface area contributed by atoms with Crippen LogP contribution in [-0.4, -0.2) is 15.9 Å². The topological polar surface area (TPSA) is 54.9 Å². The number of aromatic nitrogens is 2. The second-order valence-corrected chi connectivity index (χ2v) is 3.85. The minimum absolute atomic E-state index is 0.0772. The van der Waals surface area contributed by atoms with Crippen molar-refractivity contribution in [3.63, 3.8) is 0 Å². The van der Waals surface area contributed by atoms with Crippen molar-refractivity contribution in [2.75, 3.05) is 5.32 Å². The quantitative estimate of drug-likeness (QED) is 0.926. The van der Waals surface area contributed by atoms with Crippen LogP contribution in [0.1, 0.15) is 28.4 Å². The second-order valence-electron chi connectivity index (χ2n) is 3.85. The lowest BCUT2D eigenvalue weighted by Crippen LogP contribution is -2.15. The van der Waals surface area contributed by atoms with Crippen LogP contribution in [0.25, 0.3) is 0 Å². The number of carbonyl (C=O) groups excluding carboxylic acids is 1. The summed E-state index contributed by atoms with van der Waals surface area (Å²) in [6.45, 7) is 1.46. The number of hydrogen-bond acceptors (Lipinski definition) is 3. The zero-order valence-electron chi connectivity index (χ0n) is 10.1. The van der Waals surface area contributed by atoms with Crippen LogP contribution in [0.2, 0.25) is 0 Å². The van der Waals surface area contributed by atoms with Gasteiger partial charge in [0, 0.05) is 5.69 Å². The molecule has 2 aromatic rings. The smallest absolute Gasteiger partial charge is 0.280 e. The molecule has 19 heavy (non-hydrogen) atoms. The molecule has 0 fully saturated rings. The molecule has 1 aromatic heterocycles. The molecule has 0 saturated heterocycles. The summed E-state index contributed by atoms with van der Waals surface area (Å²) in [5, 5.41) is 2.58. The van der Waals surface area contributed by atoms with Gasteiger partial charge in [0.2, 0.25) is 0 Å². The fourth-order valence-electron chi connectivity index (χ4n) is 1.54. The van der Waals surface area contributed by atoms with Crippen molar-refractivity contribution in [3.8, 4) is 0 Å². The Balaban J connectivity index is 2.24. The summed E-state index contributed by atoms with van der Waals surface area (Å²) in [5.74, 6) is -0.408. The summed E-state index contributed by atoms with van der Waals surface area (Å²) in [4.78, 5) is 19.3. The molecule has 0 radical (unpaired) electrons. The highest BCUT2D eigenvalue weighted by atomic mass is 19.3. The summed E-state index contributed by atoms with van der Waals surface area (Å²) in [6.07, 6.45) is -2.73. The highest BCUT2D eigenvalue weighted by molar-refractivity contribution is 6.02. The first kappa shape index (κ1) is 13.1. The monoisotopic (exact) mass is 263 g/mol. The summed E-state index contributed by atoms with van der Waals surface area (Å²) < 4.78 is 25.2. The van der Waals surface area contributed by atoms with Gasteiger partial charge in [0.1, 0.15) is 17.2 Å². The average Bonchev–Trinajstić information content (AvgIpc) is 2.39. The Kier molecular flexibility index (Phi) is 3.79. The molecule has 1 N–H and O–H groups in total. The molecule has 0 unspecified atom stereocenters. The molecule has 0 bridgehead atoms. The van der Waals surface area contributed by atoms with E-state index in [1.807, 2.05) is 0 Å². The van der Waals surface area contributed by atoms with Crippen LogP contribution < -0.4 is 5.32 Å². The van der Waals surface area contributed by atoms with Gasteiger partial charge in [-0.3, -0.25) is 4.79 Å². The largest absolute Gasteiger partial charge is 0.321 e. The summed E-state index contributed by atoms with van der Waals surface area (Å²) in [6, 6.07) is 9.70. The van der Waals surface area contributed by atoms with Crippen LogP contribution in [0, 0.1) is 6.92 Å². The standard InChI is InChI=1S/C13H11F2N3O/c1-8-16-10(12(14)15)7-11(17-8)13(19)18-9-5-3-2-4-6-9/h2-7,12H,1H3,(H,18,19). The summed E-state index contributed by atoms with van der Waals surface area (Å²) >= 11 is 0. The van der Waals surface area contributed by atoms with Crippen molar-refractivity contribution < 1.29 is 13.6 Å². The number of aryl methyl sites for hydroxylation is 1. The zero-order valence-corrected chi connectivity index (χ0v) is 10.1. The number of nitrogens with one attached hydrogen (secondary N) is 1. The highest BCUT2D eigenvalue weighted by Gasteiger charge is 2.15. The molecule has 0 saturated carbocycles. The number of alkyl halides is 2. The van der Waals surface area contributed by atoms with Gasteiger partial charge in [-0.15, -0.1) is 0 Å². The van der Waals surface area contributed by atoms with Crippen LogP contribution in [0.4, 0.5) is 14.5 Å². The third-order valence-electron chi connectivity index (χ3n) is 2.35. The minimum atomic E-state index is -2.73. The maximum atomic E-state index is 12.6. The van der Waals surface area contributed by atoms with Gasteiger partial charge in [-0.05, 0) is 25.1 Å². The second kappa shape index (κ2) is 5.51. The normalized spacial score (nSPS) is 10.5. The maximum absolute atomic E-state index is 12.6. The van der Waals surface area contributed by atoms with Crippen LogP contribution in [0.3, 0.4) is 0 Å². The molecular weight excluding hydrogens is 252 g/mol. The Morgan fingerprint density at radius 3 is 2.53 bits per heavy atom. The molecule has 98 valence electrons. The fourth-order valence-corrected chi connectivity index (χ4v) is 1.54. The van der Waals surface area contributed by atoms with E-state index < -0.39 is 18.0 Å². The van der Waals surface area contributed by atoms with Crippen molar-refractivity contribution in [1.29, 1.82) is 0 Å². The SMILES string of the molecule is Cc1nc(C(=O)Nc2ccccc2)cc(C(F)F)n1. The number of nitrogens with zero attached hydrogens (tertiary/aromatic N) is 2. The number of benzene rings is 1. The lowest BCUT2D eigenvalue weighted by molar-refractivity contribution is 0.102. The van der Waals surface area contributed by atoms with E-state index in [4.69, 9.17) is 0 Å². The first-order valence-electron chi connectivity index (χ1n) is 5.56. The lowest BCUT2D eigenvalue weighted by atomic mass is 10.2. The van der Waals surface area contributed by atoms with E-state index >= 15 is 0 Å². The maximum Gasteiger partial charge on any atom is 0.280 e. The molecule has 0 atom stereocenters. The molecule has 6 heteroatoms. The Labute approximate surface area is 108 Å². The first-order valence-corrected chi connectivity index (χ1v) is 5.56. The molecule has 1 aromatic carbocycles. The van der Waals surface area contributed by atoms with Crippen LogP contribution in [-0.2, 0) is 0 Å². The van der Waals surface area contributed by atoms with Gasteiger partial charge in [-0.25, -0.2) is 18.7 Å². The Bertz CT molecular complexity index is 588. The Morgan fingerprint density at radius 1 is 1.21 bits per heavy atom. The number of amides is 1. The van der Waals surface area contributed by atoms with Crippen LogP contribution in [0.5, 0.6) is 0 Å². The van der Waals surface area contributed by atoms with Gasteiger partial charge in [0.05, 0.1) is 0 Å². The van der Waals surface area contributed by atoms with E-state index in [1.165, 1.54) is 6.92 Å². The van der Waals surface area contributed by atoms with Gasteiger partial charge in [0.15, 0.2) is 0 Å². The van der Waals surface area contributed by atoms with Crippen molar-refractivity contribution in [3.05, 3.63) is 53.6 Å². The number of anilines is 1. The molecule has 0 spiro atoms. The molecule has 1 amide bonds. The number of para-hydroxylation sites is 1. The fraction of sp³-hybridized carbons (Fsp3) is 0.154. The summed E-state index contributed by atoms with van der Waals surface area (Å²) in [7, 11) is 0. The van der Waals surface area contributed by atoms with Gasteiger partial charge < -0.3 is 5.32 Å². The molecule has 0 aliphatic heterocycles. The van der Waals surface area contributed by atoms with E-state index in [1.54, 1.807) is 30.3 Å². The van der Waals surface area contributed by atoms with E-state index in [0.717, 1.165) is 6.07 Å². The average molecular weight is 263 g/mol. The Morgan fingerprint density at radius 2 is 1.89 bits per heavy atom. The number of carbonyl (C=O) groups is 1. The van der Waals surface area contributed by atoms with Gasteiger partial charge in [-0.2, -0.15) is 0 Å². The Hall–Kier alpha value is -2.37. The molecule has 2 rings (SSSR count). The summed E-state index contributed by atoms with van der Waals surface area (Å²) in [5.41, 5.74) is 0.0414. The van der Waals surface area contributed by atoms with E-state index in [-0.39, 0.29) is 11.5 Å². The van der Waals surface area contributed by atoms with Crippen LogP contribution >= 0.6 is 0 Å². The van der Waals surface area contributed by atoms with E-state index in [0.29, 0.717) is 5.69 Å². The lowest BCUT2D eigenvalue weighted by Gasteiger charge is -2.06. The molecule has 4 nitrogen and oxygen atoms in total. The van der Waals surface area contributed by atoms with Crippen molar-refractivity contribution >= 4 is 11.6 Å². The van der Waals surface area contributed by atoms with Gasteiger partial charge >= 0.3 is 0 Å². The van der Waals surface area contributed by atoms with Crippen molar-refractivity contribution in [2.45, 2.75) is 13.3 Å². The van der Waals surface area contributed by atoms with E-state index in [9.17, 15) is 13.6 Å². The number of halogens is 2. The molecular formula is C13H11F2N3O. The van der Waals surface area contributed by atoms with Crippen LogP contribution in [0.15, 0.2) is 36.4 Å². The minimum Gasteiger partial charge on any atom is -0.321 e. The highest BCUT2D eigenvalue weighted by Crippen LogP contribution is 2.17. The molecule has 1 heterocycles. The predicted molar refractivity (Wildman–Crippen MR) is 66.1 cm³/mol. The third kappa shape index (κ3) is 3.31. The van der Waals surface area contributed by atoms with Crippen molar-refractivity contribution in [2.24, 2.45) is 0 Å². The molecule has 0 aliphatic rings. The van der Waals surface area contributed by atoms with E-state index in [2.05, 4.69) is 15.3 Å². The van der Waals surface area contributed by atoms with Gasteiger partial charge in [-0.1, -0.05) is 18.2 Å². The number of rotatable bonds is 3. The van der Waals surface area contributed by atoms with Crippen molar-refractivity contribution in [1.82, 2.24) is 9.97 Å². The first-order chi connectivity index (χ1) is 9.06. The van der Waals surface area contributed by atoms with Gasteiger partial charge in [0.25, 0.3) is 12.3 Å². The zero-order chi connectivity index (χ0) is 13.8. The number of hydrogen-bond donors (Lipinski definition) is 1. The predicted octanol–water partition coefficient (Wildman–Crippen LogP) is 2.97.